The molecule has 3 aliphatic heterocycles. The third-order valence-corrected chi connectivity index (χ3v) is 12.1. The van der Waals surface area contributed by atoms with Gasteiger partial charge in [-0.2, -0.15) is 0 Å². The number of alkyl carbamates (subject to hydrolysis) is 1. The van der Waals surface area contributed by atoms with Gasteiger partial charge >= 0.3 is 12.1 Å². The van der Waals surface area contributed by atoms with Crippen molar-refractivity contribution >= 4 is 40.5 Å². The highest BCUT2D eigenvalue weighted by Gasteiger charge is 2.57. The summed E-state index contributed by atoms with van der Waals surface area (Å²) >= 11 is 0. The molecule has 308 valence electrons. The summed E-state index contributed by atoms with van der Waals surface area (Å²) in [6.07, 6.45) is 3.63. The molecule has 3 saturated heterocycles. The van der Waals surface area contributed by atoms with Crippen LogP contribution < -0.4 is 5.32 Å². The largest absolute Gasteiger partial charge is 0.457 e. The predicted molar refractivity (Wildman–Crippen MR) is 210 cm³/mol. The Morgan fingerprint density at radius 3 is 2.43 bits per heavy atom. The van der Waals surface area contributed by atoms with Crippen LogP contribution in [0.4, 0.5) is 4.79 Å². The number of cyclic esters (lactones) is 1. The van der Waals surface area contributed by atoms with Crippen molar-refractivity contribution in [2.45, 2.75) is 135 Å². The fourth-order valence-corrected chi connectivity index (χ4v) is 8.93. The quantitative estimate of drug-likeness (QED) is 0.243. The van der Waals surface area contributed by atoms with E-state index >= 15 is 0 Å². The fourth-order valence-electron chi connectivity index (χ4n) is 8.93. The smallest absolute Gasteiger partial charge is 0.408 e. The number of aliphatic hydroxyl groups is 1. The number of hydrogen-bond donors (Lipinski definition) is 2. The molecule has 13 heteroatoms. The topological polar surface area (TPSA) is 163 Å². The fraction of sp³-hybridized carbons (Fsp3) is 0.651. The molecule has 5 rings (SSSR count). The second-order valence-corrected chi connectivity index (χ2v) is 16.7. The summed E-state index contributed by atoms with van der Waals surface area (Å²) in [6, 6.07) is 6.78. The Morgan fingerprint density at radius 1 is 1.02 bits per heavy atom. The van der Waals surface area contributed by atoms with Crippen LogP contribution in [0.1, 0.15) is 86.6 Å². The zero-order chi connectivity index (χ0) is 41.1. The van der Waals surface area contributed by atoms with Gasteiger partial charge in [0.25, 0.3) is 0 Å². The van der Waals surface area contributed by atoms with Crippen LogP contribution in [0.5, 0.6) is 0 Å². The van der Waals surface area contributed by atoms with E-state index in [0.29, 0.717) is 19.3 Å². The Labute approximate surface area is 330 Å². The highest BCUT2D eigenvalue weighted by atomic mass is 16.7. The van der Waals surface area contributed by atoms with E-state index in [1.807, 2.05) is 69.3 Å². The Hall–Kier alpha value is -3.75. The van der Waals surface area contributed by atoms with Gasteiger partial charge in [-0.25, -0.2) is 4.79 Å². The average Bonchev–Trinajstić information content (AvgIpc) is 3.48. The molecule has 2 aromatic rings. The summed E-state index contributed by atoms with van der Waals surface area (Å²) in [5, 5.41) is 16.4. The molecule has 0 saturated carbocycles. The van der Waals surface area contributed by atoms with Crippen molar-refractivity contribution in [1.29, 1.82) is 0 Å². The molecule has 2 N–H and O–H groups in total. The van der Waals surface area contributed by atoms with Gasteiger partial charge in [-0.15, -0.1) is 0 Å². The van der Waals surface area contributed by atoms with Crippen molar-refractivity contribution in [3.63, 3.8) is 0 Å². The number of carbonyl (C=O) groups excluding carboxylic acids is 4. The van der Waals surface area contributed by atoms with Crippen molar-refractivity contribution in [3.8, 4) is 0 Å². The predicted octanol–water partition coefficient (Wildman–Crippen LogP) is 5.50. The number of hydrogen-bond acceptors (Lipinski definition) is 12. The number of benzene rings is 1. The molecule has 0 radical (unpaired) electrons. The van der Waals surface area contributed by atoms with Crippen LogP contribution in [0.15, 0.2) is 42.7 Å². The Kier molecular flexibility index (Phi) is 13.8. The second kappa shape index (κ2) is 17.8. The summed E-state index contributed by atoms with van der Waals surface area (Å²) in [4.78, 5) is 62.1. The third-order valence-electron chi connectivity index (χ3n) is 12.1. The number of aromatic nitrogens is 1. The first-order chi connectivity index (χ1) is 26.4. The molecule has 0 aliphatic carbocycles. The first-order valence-corrected chi connectivity index (χ1v) is 20.0. The number of ketones is 2. The zero-order valence-corrected chi connectivity index (χ0v) is 34.5. The van der Waals surface area contributed by atoms with E-state index < -0.39 is 83.4 Å². The molecular weight excluding hydrogens is 718 g/mol. The van der Waals surface area contributed by atoms with E-state index in [4.69, 9.17) is 23.7 Å². The first kappa shape index (κ1) is 43.4. The number of amides is 1. The molecule has 1 aromatic carbocycles. The van der Waals surface area contributed by atoms with Crippen LogP contribution in [-0.4, -0.2) is 113 Å². The van der Waals surface area contributed by atoms with Crippen molar-refractivity contribution < 1.29 is 48.0 Å². The van der Waals surface area contributed by atoms with Crippen LogP contribution in [0.3, 0.4) is 0 Å². The lowest BCUT2D eigenvalue weighted by Crippen LogP contribution is -2.60. The number of Topliss-reactive ketones (excluding diaryl/α,β-unsaturated/α-hetero) is 2. The lowest BCUT2D eigenvalue weighted by atomic mass is 9.73. The van der Waals surface area contributed by atoms with E-state index in [0.717, 1.165) is 16.3 Å². The molecule has 13 atom stereocenters. The Balaban J connectivity index is 1.58. The third kappa shape index (κ3) is 9.02. The summed E-state index contributed by atoms with van der Waals surface area (Å²) in [5.41, 5.74) is -1.85. The van der Waals surface area contributed by atoms with Crippen LogP contribution in [-0.2, 0) is 38.1 Å². The van der Waals surface area contributed by atoms with Crippen molar-refractivity contribution in [1.82, 2.24) is 15.2 Å². The number of aliphatic hydroxyl groups excluding tert-OH is 1. The van der Waals surface area contributed by atoms with E-state index in [2.05, 4.69) is 10.3 Å². The van der Waals surface area contributed by atoms with E-state index in [-0.39, 0.29) is 31.0 Å². The minimum absolute atomic E-state index is 0.0582. The van der Waals surface area contributed by atoms with Gasteiger partial charge in [-0.3, -0.25) is 19.4 Å². The Morgan fingerprint density at radius 2 is 1.73 bits per heavy atom. The van der Waals surface area contributed by atoms with E-state index in [1.165, 1.54) is 6.92 Å². The van der Waals surface area contributed by atoms with Gasteiger partial charge in [0.1, 0.15) is 23.9 Å². The molecule has 13 nitrogen and oxygen atoms in total. The number of nitrogens with one attached hydrogen (secondary N) is 1. The summed E-state index contributed by atoms with van der Waals surface area (Å²) in [6.45, 7) is 14.0. The van der Waals surface area contributed by atoms with Gasteiger partial charge in [-0.1, -0.05) is 70.5 Å². The first-order valence-electron chi connectivity index (χ1n) is 20.0. The highest BCUT2D eigenvalue weighted by Crippen LogP contribution is 2.40. The number of carbonyl (C=O) groups is 4. The number of fused-ring (bicyclic) bond motifs is 2. The van der Waals surface area contributed by atoms with E-state index in [9.17, 15) is 24.3 Å². The molecule has 1 aromatic heterocycles. The number of rotatable bonds is 9. The van der Waals surface area contributed by atoms with Crippen molar-refractivity contribution in [2.24, 2.45) is 23.7 Å². The lowest BCUT2D eigenvalue weighted by Gasteiger charge is -2.47. The molecule has 0 bridgehead atoms. The maximum atomic E-state index is 14.5. The SMILES string of the molecule is CCC[C@H]1OC(=O)[C@H](C)C(=O)[C@H](C)[C@@H](O[C@@H]2O[C@H](C)C[C@H](N(C)C)[C@H]2O)[C@](C)(OC/C=C/c2cncc3ccccc23)C[C@@H](C)C(=O)[C@H](C)[C@@H]2NC(=O)O[C@]12C. The molecule has 4 heterocycles. The lowest BCUT2D eigenvalue weighted by molar-refractivity contribution is -0.296. The molecule has 3 fully saturated rings. The molecule has 1 amide bonds. The number of ether oxygens (including phenoxy) is 5. The van der Waals surface area contributed by atoms with Gasteiger partial charge in [0.05, 0.1) is 30.5 Å². The van der Waals surface area contributed by atoms with Gasteiger partial charge < -0.3 is 39.0 Å². The highest BCUT2D eigenvalue weighted by molar-refractivity contribution is 6.00. The zero-order valence-electron chi connectivity index (χ0n) is 34.5. The Bertz CT molecular complexity index is 1760. The number of nitrogens with zero attached hydrogens (tertiary/aromatic N) is 2. The van der Waals surface area contributed by atoms with Crippen molar-refractivity contribution in [3.05, 3.63) is 48.3 Å². The number of esters is 1. The minimum Gasteiger partial charge on any atom is -0.457 e. The van der Waals surface area contributed by atoms with Crippen LogP contribution in [0.2, 0.25) is 0 Å². The van der Waals surface area contributed by atoms with Gasteiger partial charge in [0.2, 0.25) is 0 Å². The summed E-state index contributed by atoms with van der Waals surface area (Å²) < 4.78 is 31.6. The van der Waals surface area contributed by atoms with Gasteiger partial charge in [0.15, 0.2) is 17.7 Å². The maximum absolute atomic E-state index is 14.5. The molecule has 0 unspecified atom stereocenters. The molecule has 0 spiro atoms. The second-order valence-electron chi connectivity index (χ2n) is 16.7. The number of pyridine rings is 1. The minimum atomic E-state index is -1.38. The molecule has 3 aliphatic rings. The van der Waals surface area contributed by atoms with Crippen LogP contribution in [0, 0.1) is 23.7 Å². The van der Waals surface area contributed by atoms with Gasteiger partial charge in [-0.05, 0) is 66.4 Å². The van der Waals surface area contributed by atoms with Crippen molar-refractivity contribution in [2.75, 3.05) is 20.7 Å². The van der Waals surface area contributed by atoms with Crippen LogP contribution >= 0.6 is 0 Å². The van der Waals surface area contributed by atoms with Gasteiger partial charge in [0, 0.05) is 47.1 Å². The van der Waals surface area contributed by atoms with Crippen LogP contribution in [0.25, 0.3) is 16.8 Å². The standard InChI is InChI=1S/C43H61N3O10/c1-11-15-33-43(8)37(45-41(51)56-43)26(4)34(47)24(2)21-42(7,52-19-14-17-30-23-44-22-29-16-12-13-18-31(29)30)38(27(5)35(48)28(6)39(50)54-33)55-40-36(49)32(46(9)10)20-25(3)53-40/h12-14,16-18,22-28,32-33,36-38,40,49H,11,15,19-21H2,1-10H3,(H,45,51)/b17-14+/t24-,25-,26+,27+,28-,32+,33-,36-,37+,38-,40+,42-,43-/m1/s1. The summed E-state index contributed by atoms with van der Waals surface area (Å²) in [5.74, 6) is -5.11. The molecular formula is C43H61N3O10. The average molecular weight is 780 g/mol. The molecule has 56 heavy (non-hydrogen) atoms. The number of likely N-dealkylation sites (N-methyl/N-ethyl adjacent to an activating group) is 1. The summed E-state index contributed by atoms with van der Waals surface area (Å²) in [7, 11) is 3.75. The monoisotopic (exact) mass is 779 g/mol. The van der Waals surface area contributed by atoms with E-state index in [1.54, 1.807) is 47.0 Å². The normalized spacial score (nSPS) is 37.6. The maximum Gasteiger partial charge on any atom is 0.408 e.